The molecule has 0 aliphatic carbocycles. The lowest BCUT2D eigenvalue weighted by Crippen LogP contribution is -1.87. The molecule has 0 atom stereocenters. The predicted octanol–water partition coefficient (Wildman–Crippen LogP) is 3.52. The highest BCUT2D eigenvalue weighted by atomic mass is 16.6. The van der Waals surface area contributed by atoms with E-state index in [1.807, 2.05) is 24.3 Å². The van der Waals surface area contributed by atoms with Gasteiger partial charge in [0.1, 0.15) is 0 Å². The first-order chi connectivity index (χ1) is 9.86. The molecule has 0 amide bonds. The molecule has 5 nitrogen and oxygen atoms in total. The van der Waals surface area contributed by atoms with Gasteiger partial charge in [-0.25, -0.2) is 0 Å². The smallest absolute Gasteiger partial charge is 0.178 e. The van der Waals surface area contributed by atoms with Crippen LogP contribution in [-0.4, -0.2) is 12.0 Å². The third kappa shape index (κ3) is 4.45. The summed E-state index contributed by atoms with van der Waals surface area (Å²) in [5, 5.41) is 10.7. The third-order valence-corrected chi connectivity index (χ3v) is 2.42. The van der Waals surface area contributed by atoms with Gasteiger partial charge >= 0.3 is 0 Å². The molecule has 1 aliphatic rings. The molecular formula is C15H13N3O2. The third-order valence-electron chi connectivity index (χ3n) is 2.42. The van der Waals surface area contributed by atoms with Crippen LogP contribution < -0.4 is 4.84 Å². The van der Waals surface area contributed by atoms with Crippen molar-refractivity contribution < 1.29 is 9.63 Å². The Morgan fingerprint density at radius 2 is 1.95 bits per heavy atom. The number of ketones is 1. The van der Waals surface area contributed by atoms with Crippen LogP contribution in [0.1, 0.15) is 12.0 Å². The molecule has 20 heavy (non-hydrogen) atoms. The highest BCUT2D eigenvalue weighted by Crippen LogP contribution is 2.19. The van der Waals surface area contributed by atoms with Gasteiger partial charge < -0.3 is 4.84 Å². The maximum atomic E-state index is 11.6. The van der Waals surface area contributed by atoms with E-state index < -0.39 is 0 Å². The molecule has 0 aromatic heterocycles. The van der Waals surface area contributed by atoms with Gasteiger partial charge in [0, 0.05) is 5.56 Å². The summed E-state index contributed by atoms with van der Waals surface area (Å²) in [6.45, 7) is 0. The number of para-hydroxylation sites is 1. The standard InChI is InChI=1S/C15H13N3O2/c19-14-8-3-1-2-6-12-16-17-18-20-15-9-5-4-7-13(15)10-11-14/h2-12H,1H2. The first-order valence-electron chi connectivity index (χ1n) is 6.09. The summed E-state index contributed by atoms with van der Waals surface area (Å²) in [5.74, 6) is 0.420. The second-order valence-corrected chi connectivity index (χ2v) is 3.87. The van der Waals surface area contributed by atoms with E-state index >= 15 is 0 Å². The molecule has 0 bridgehead atoms. The number of hydrogen-bond acceptors (Lipinski definition) is 5. The van der Waals surface area contributed by atoms with Crippen molar-refractivity contribution in [3.63, 3.8) is 0 Å². The maximum absolute atomic E-state index is 11.6. The summed E-state index contributed by atoms with van der Waals surface area (Å²) in [5.41, 5.74) is 0.741. The normalized spacial score (nSPS) is 15.3. The Morgan fingerprint density at radius 3 is 2.90 bits per heavy atom. The molecule has 5 heteroatoms. The minimum atomic E-state index is -0.0848. The van der Waals surface area contributed by atoms with Gasteiger partial charge in [-0.3, -0.25) is 4.79 Å². The quantitative estimate of drug-likeness (QED) is 0.722. The van der Waals surface area contributed by atoms with Crippen molar-refractivity contribution in [1.29, 1.82) is 0 Å². The molecule has 0 fully saturated rings. The topological polar surface area (TPSA) is 63.4 Å². The Hall–Kier alpha value is -2.82. The Bertz CT molecular complexity index is 613. The fourth-order valence-corrected chi connectivity index (χ4v) is 1.48. The van der Waals surface area contributed by atoms with Gasteiger partial charge in [0.2, 0.25) is 0 Å². The summed E-state index contributed by atoms with van der Waals surface area (Å²) in [6.07, 6.45) is 12.2. The van der Waals surface area contributed by atoms with Crippen molar-refractivity contribution in [3.8, 4) is 5.75 Å². The zero-order valence-electron chi connectivity index (χ0n) is 10.7. The van der Waals surface area contributed by atoms with E-state index in [-0.39, 0.29) is 5.78 Å². The maximum Gasteiger partial charge on any atom is 0.178 e. The average Bonchev–Trinajstić information content (AvgIpc) is 2.48. The van der Waals surface area contributed by atoms with Crippen molar-refractivity contribution in [2.75, 3.05) is 0 Å². The average molecular weight is 267 g/mol. The van der Waals surface area contributed by atoms with E-state index in [0.29, 0.717) is 12.2 Å². The Kier molecular flexibility index (Phi) is 5.16. The van der Waals surface area contributed by atoms with Crippen molar-refractivity contribution in [2.24, 2.45) is 15.6 Å². The molecule has 1 aromatic carbocycles. The second kappa shape index (κ2) is 7.58. The van der Waals surface area contributed by atoms with Crippen molar-refractivity contribution in [3.05, 3.63) is 60.2 Å². The van der Waals surface area contributed by atoms with Gasteiger partial charge in [0.25, 0.3) is 0 Å². The van der Waals surface area contributed by atoms with Crippen LogP contribution in [0.15, 0.2) is 70.2 Å². The van der Waals surface area contributed by atoms with Crippen LogP contribution in [0.4, 0.5) is 0 Å². The van der Waals surface area contributed by atoms with Crippen LogP contribution in [0.2, 0.25) is 0 Å². The number of hydrogen-bond donors (Lipinski definition) is 0. The summed E-state index contributed by atoms with van der Waals surface area (Å²) >= 11 is 0. The molecular weight excluding hydrogens is 254 g/mol. The lowest BCUT2D eigenvalue weighted by Gasteiger charge is -2.00. The Balaban J connectivity index is 2.27. The SMILES string of the molecule is O=C1C=CCC=CC=NN=NOc2ccccc2C=C1. The number of rotatable bonds is 0. The van der Waals surface area contributed by atoms with Gasteiger partial charge in [-0.2, -0.15) is 0 Å². The molecule has 1 aliphatic heterocycles. The van der Waals surface area contributed by atoms with Gasteiger partial charge in [0.15, 0.2) is 11.5 Å². The van der Waals surface area contributed by atoms with E-state index in [1.54, 1.807) is 24.3 Å². The summed E-state index contributed by atoms with van der Waals surface area (Å²) in [6, 6.07) is 7.21. The second-order valence-electron chi connectivity index (χ2n) is 3.87. The first kappa shape index (κ1) is 13.6. The van der Waals surface area contributed by atoms with Crippen molar-refractivity contribution >= 4 is 18.1 Å². The molecule has 2 rings (SSSR count). The largest absolute Gasteiger partial charge is 0.337 e. The lowest BCUT2D eigenvalue weighted by molar-refractivity contribution is -0.110. The molecule has 1 heterocycles. The number of carbonyl (C=O) groups excluding carboxylic acids is 1. The molecule has 100 valence electrons. The van der Waals surface area contributed by atoms with E-state index in [4.69, 9.17) is 4.84 Å². The highest BCUT2D eigenvalue weighted by molar-refractivity contribution is 6.02. The molecule has 0 N–H and O–H groups in total. The Morgan fingerprint density at radius 1 is 1.05 bits per heavy atom. The molecule has 1 aromatic rings. The van der Waals surface area contributed by atoms with Crippen molar-refractivity contribution in [2.45, 2.75) is 6.42 Å². The zero-order chi connectivity index (χ0) is 14.0. The summed E-state index contributed by atoms with van der Waals surface area (Å²) < 4.78 is 0. The van der Waals surface area contributed by atoms with Crippen LogP contribution >= 0.6 is 0 Å². The van der Waals surface area contributed by atoms with E-state index in [9.17, 15) is 4.79 Å². The molecule has 0 saturated carbocycles. The van der Waals surface area contributed by atoms with Crippen LogP contribution in [0.25, 0.3) is 6.08 Å². The van der Waals surface area contributed by atoms with Gasteiger partial charge in [0.05, 0.1) is 11.5 Å². The monoisotopic (exact) mass is 267 g/mol. The van der Waals surface area contributed by atoms with Gasteiger partial charge in [-0.05, 0) is 42.0 Å². The minimum absolute atomic E-state index is 0.0848. The molecule has 0 radical (unpaired) electrons. The number of carbonyl (C=O) groups is 1. The molecule has 0 spiro atoms. The van der Waals surface area contributed by atoms with Crippen LogP contribution in [0, 0.1) is 0 Å². The Labute approximate surface area is 116 Å². The highest BCUT2D eigenvalue weighted by Gasteiger charge is 2.00. The predicted molar refractivity (Wildman–Crippen MR) is 77.4 cm³/mol. The van der Waals surface area contributed by atoms with Crippen LogP contribution in [0.5, 0.6) is 5.75 Å². The van der Waals surface area contributed by atoms with E-state index in [1.165, 1.54) is 18.4 Å². The first-order valence-corrected chi connectivity index (χ1v) is 6.09. The van der Waals surface area contributed by atoms with Crippen LogP contribution in [0.3, 0.4) is 0 Å². The molecule has 0 saturated heterocycles. The van der Waals surface area contributed by atoms with Crippen LogP contribution in [-0.2, 0) is 4.79 Å². The summed E-state index contributed by atoms with van der Waals surface area (Å²) in [4.78, 5) is 16.8. The minimum Gasteiger partial charge on any atom is -0.337 e. The number of fused-ring (bicyclic) bond motifs is 1. The number of nitrogens with zero attached hydrogens (tertiary/aromatic N) is 3. The lowest BCUT2D eigenvalue weighted by atomic mass is 10.1. The van der Waals surface area contributed by atoms with Crippen molar-refractivity contribution in [1.82, 2.24) is 0 Å². The molecule has 0 unspecified atom stereocenters. The number of allylic oxidation sites excluding steroid dienone is 5. The zero-order valence-corrected chi connectivity index (χ0v) is 10.7. The summed E-state index contributed by atoms with van der Waals surface area (Å²) in [7, 11) is 0. The van der Waals surface area contributed by atoms with Gasteiger partial charge in [-0.15, -0.1) is 5.10 Å². The fourth-order valence-electron chi connectivity index (χ4n) is 1.48. The van der Waals surface area contributed by atoms with E-state index in [2.05, 4.69) is 15.6 Å². The number of benzene rings is 1. The van der Waals surface area contributed by atoms with E-state index in [0.717, 1.165) is 5.56 Å². The fraction of sp³-hybridized carbons (Fsp3) is 0.0667. The van der Waals surface area contributed by atoms with Gasteiger partial charge in [-0.1, -0.05) is 30.4 Å².